The molecular weight excluding hydrogens is 380 g/mol. The van der Waals surface area contributed by atoms with Crippen LogP contribution in [0.4, 0.5) is 0 Å². The Morgan fingerprint density at radius 1 is 1.07 bits per heavy atom. The Morgan fingerprint density at radius 2 is 1.77 bits per heavy atom. The lowest BCUT2D eigenvalue weighted by Gasteiger charge is -2.19. The third-order valence-electron chi connectivity index (χ3n) is 4.93. The molecule has 1 aliphatic rings. The smallest absolute Gasteiger partial charge is 0.251 e. The third-order valence-corrected chi connectivity index (χ3v) is 4.93. The molecule has 30 heavy (non-hydrogen) atoms. The average molecular weight is 404 g/mol. The van der Waals surface area contributed by atoms with Gasteiger partial charge < -0.3 is 15.7 Å². The van der Waals surface area contributed by atoms with Gasteiger partial charge in [0.15, 0.2) is 5.66 Å². The van der Waals surface area contributed by atoms with Crippen molar-refractivity contribution >= 4 is 11.8 Å². The van der Waals surface area contributed by atoms with E-state index in [1.165, 1.54) is 24.3 Å². The molecule has 7 heteroatoms. The molecule has 3 N–H and O–H groups in total. The van der Waals surface area contributed by atoms with Crippen molar-refractivity contribution in [1.82, 2.24) is 10.6 Å². The van der Waals surface area contributed by atoms with Gasteiger partial charge in [-0.05, 0) is 29.8 Å². The van der Waals surface area contributed by atoms with Gasteiger partial charge in [-0.1, -0.05) is 30.3 Å². The number of carbonyl (C=O) groups excluding carboxylic acids is 2. The van der Waals surface area contributed by atoms with Gasteiger partial charge in [-0.25, -0.2) is 0 Å². The summed E-state index contributed by atoms with van der Waals surface area (Å²) in [6.45, 7) is 0.434. The Morgan fingerprint density at radius 3 is 2.40 bits per heavy atom. The van der Waals surface area contributed by atoms with Crippen LogP contribution in [0, 0.1) is 12.3 Å². The lowest BCUT2D eigenvalue weighted by molar-refractivity contribution is -0.121. The van der Waals surface area contributed by atoms with Crippen LogP contribution in [0.3, 0.4) is 0 Å². The van der Waals surface area contributed by atoms with Crippen LogP contribution in [-0.4, -0.2) is 29.1 Å². The topological polar surface area (TPSA) is 103 Å². The zero-order valence-electron chi connectivity index (χ0n) is 16.5. The van der Waals surface area contributed by atoms with Gasteiger partial charge in [0.1, 0.15) is 5.75 Å². The van der Waals surface area contributed by atoms with Crippen LogP contribution in [0.15, 0.2) is 64.8 Å². The molecule has 2 aromatic carbocycles. The maximum absolute atomic E-state index is 12.6. The van der Waals surface area contributed by atoms with Crippen molar-refractivity contribution in [3.63, 3.8) is 0 Å². The first kappa shape index (κ1) is 21.1. The summed E-state index contributed by atoms with van der Waals surface area (Å²) < 4.78 is 0. The quantitative estimate of drug-likeness (QED) is 0.529. The number of rotatable bonds is 10. The predicted octanol–water partition coefficient (Wildman–Crippen LogP) is 3.34. The van der Waals surface area contributed by atoms with Crippen molar-refractivity contribution in [3.8, 4) is 18.1 Å². The maximum atomic E-state index is 12.6. The van der Waals surface area contributed by atoms with Crippen LogP contribution in [0.1, 0.15) is 47.6 Å². The first-order valence-corrected chi connectivity index (χ1v) is 9.80. The highest BCUT2D eigenvalue weighted by molar-refractivity contribution is 5.95. The summed E-state index contributed by atoms with van der Waals surface area (Å²) in [5, 5.41) is 23.3. The van der Waals surface area contributed by atoms with E-state index in [-0.39, 0.29) is 24.0 Å². The van der Waals surface area contributed by atoms with Crippen LogP contribution in [-0.2, 0) is 4.79 Å². The molecule has 0 aromatic heterocycles. The normalized spacial score (nSPS) is 14.4. The predicted molar refractivity (Wildman–Crippen MR) is 113 cm³/mol. The molecule has 0 bridgehead atoms. The average Bonchev–Trinajstić information content (AvgIpc) is 3.53. The zero-order valence-corrected chi connectivity index (χ0v) is 16.5. The summed E-state index contributed by atoms with van der Waals surface area (Å²) >= 11 is 0. The second kappa shape index (κ2) is 9.70. The van der Waals surface area contributed by atoms with Gasteiger partial charge in [-0.15, -0.1) is 12.3 Å². The standard InChI is InChI=1S/C23H24N4O3/c1-2-3-13-23(26-27-23)14-15-24-21(29)16-20(17-7-5-4-6-8-17)25-22(30)18-9-11-19(28)12-10-18/h1,4-12,20,28H,3,13-16H2,(H,24,29)(H,25,30). The van der Waals surface area contributed by atoms with Crippen molar-refractivity contribution in [2.75, 3.05) is 6.54 Å². The Hall–Kier alpha value is -3.66. The molecule has 2 aromatic rings. The molecule has 0 fully saturated rings. The van der Waals surface area contributed by atoms with E-state index in [0.29, 0.717) is 31.4 Å². The Kier molecular flexibility index (Phi) is 6.81. The molecule has 3 rings (SSSR count). The van der Waals surface area contributed by atoms with Crippen molar-refractivity contribution in [2.45, 2.75) is 37.4 Å². The molecule has 2 amide bonds. The van der Waals surface area contributed by atoms with Crippen LogP contribution < -0.4 is 10.6 Å². The van der Waals surface area contributed by atoms with E-state index in [1.807, 2.05) is 30.3 Å². The molecule has 0 aliphatic carbocycles. The van der Waals surface area contributed by atoms with Crippen LogP contribution in [0.25, 0.3) is 0 Å². The summed E-state index contributed by atoms with van der Waals surface area (Å²) in [6, 6.07) is 14.8. The van der Waals surface area contributed by atoms with Crippen molar-refractivity contribution in [3.05, 3.63) is 65.7 Å². The Balaban J connectivity index is 1.57. The molecule has 1 aliphatic heterocycles. The fraction of sp³-hybridized carbons (Fsp3) is 0.304. The van der Waals surface area contributed by atoms with Gasteiger partial charge in [0.2, 0.25) is 5.91 Å². The number of phenols is 1. The highest BCUT2D eigenvalue weighted by Gasteiger charge is 2.38. The van der Waals surface area contributed by atoms with Gasteiger partial charge in [-0.3, -0.25) is 9.59 Å². The van der Waals surface area contributed by atoms with Gasteiger partial charge in [0, 0.05) is 31.4 Å². The molecule has 0 radical (unpaired) electrons. The van der Waals surface area contributed by atoms with Gasteiger partial charge in [-0.2, -0.15) is 10.2 Å². The molecule has 7 nitrogen and oxygen atoms in total. The minimum atomic E-state index is -0.488. The molecule has 1 atom stereocenters. The van der Waals surface area contributed by atoms with E-state index in [9.17, 15) is 14.7 Å². The number of phenolic OH excluding ortho intramolecular Hbond substituents is 1. The number of carbonyl (C=O) groups is 2. The fourth-order valence-electron chi connectivity index (χ4n) is 3.12. The number of nitrogens with zero attached hydrogens (tertiary/aromatic N) is 2. The summed E-state index contributed by atoms with van der Waals surface area (Å²) in [5.74, 6) is 2.17. The zero-order chi connectivity index (χ0) is 21.4. The first-order chi connectivity index (χ1) is 14.5. The second-order valence-electron chi connectivity index (χ2n) is 7.17. The van der Waals surface area contributed by atoms with Gasteiger partial charge in [0.05, 0.1) is 12.5 Å². The van der Waals surface area contributed by atoms with E-state index in [1.54, 1.807) is 0 Å². The fourth-order valence-corrected chi connectivity index (χ4v) is 3.12. The monoisotopic (exact) mass is 404 g/mol. The lowest BCUT2D eigenvalue weighted by atomic mass is 10.0. The van der Waals surface area contributed by atoms with Crippen molar-refractivity contribution in [1.29, 1.82) is 0 Å². The number of aromatic hydroxyl groups is 1. The number of terminal acetylenes is 1. The minimum Gasteiger partial charge on any atom is -0.508 e. The largest absolute Gasteiger partial charge is 0.508 e. The second-order valence-corrected chi connectivity index (χ2v) is 7.17. The number of hydrogen-bond acceptors (Lipinski definition) is 5. The highest BCUT2D eigenvalue weighted by atomic mass is 16.3. The molecule has 154 valence electrons. The molecule has 1 heterocycles. The van der Waals surface area contributed by atoms with Gasteiger partial charge in [0.25, 0.3) is 5.91 Å². The maximum Gasteiger partial charge on any atom is 0.251 e. The van der Waals surface area contributed by atoms with E-state index < -0.39 is 11.7 Å². The summed E-state index contributed by atoms with van der Waals surface area (Å²) in [5.41, 5.74) is 0.796. The minimum absolute atomic E-state index is 0.0830. The third kappa shape index (κ3) is 5.92. The number of nitrogens with one attached hydrogen (secondary N) is 2. The van der Waals surface area contributed by atoms with Crippen LogP contribution in [0.2, 0.25) is 0 Å². The Bertz CT molecular complexity index is 943. The number of benzene rings is 2. The highest BCUT2D eigenvalue weighted by Crippen LogP contribution is 2.36. The SMILES string of the molecule is C#CCCC1(CCNC(=O)CC(NC(=O)c2ccc(O)cc2)c2ccccc2)N=N1. The molecule has 1 unspecified atom stereocenters. The Labute approximate surface area is 175 Å². The van der Waals surface area contributed by atoms with Crippen molar-refractivity contribution in [2.24, 2.45) is 10.2 Å². The number of amides is 2. The molecule has 0 saturated carbocycles. The van der Waals surface area contributed by atoms with Crippen molar-refractivity contribution < 1.29 is 14.7 Å². The molecule has 0 spiro atoms. The summed E-state index contributed by atoms with van der Waals surface area (Å²) in [6.07, 6.45) is 7.28. The molecular formula is C23H24N4O3. The lowest BCUT2D eigenvalue weighted by Crippen LogP contribution is -2.35. The summed E-state index contributed by atoms with van der Waals surface area (Å²) in [4.78, 5) is 25.1. The van der Waals surface area contributed by atoms with E-state index in [4.69, 9.17) is 6.42 Å². The van der Waals surface area contributed by atoms with Crippen LogP contribution in [0.5, 0.6) is 5.75 Å². The van der Waals surface area contributed by atoms with E-state index >= 15 is 0 Å². The number of hydrogen-bond donors (Lipinski definition) is 3. The summed E-state index contributed by atoms with van der Waals surface area (Å²) in [7, 11) is 0. The van der Waals surface area contributed by atoms with Gasteiger partial charge >= 0.3 is 0 Å². The van der Waals surface area contributed by atoms with E-state index in [2.05, 4.69) is 26.8 Å². The van der Waals surface area contributed by atoms with E-state index in [0.717, 1.165) is 5.56 Å². The first-order valence-electron chi connectivity index (χ1n) is 9.80. The molecule has 0 saturated heterocycles. The van der Waals surface area contributed by atoms with Crippen LogP contribution >= 0.6 is 0 Å².